The highest BCUT2D eigenvalue weighted by Gasteiger charge is 2.29. The Labute approximate surface area is 119 Å². The van der Waals surface area contributed by atoms with Crippen LogP contribution in [-0.2, 0) is 14.2 Å². The molecule has 1 aliphatic heterocycles. The third-order valence-electron chi connectivity index (χ3n) is 3.16. The number of benzene rings is 1. The van der Waals surface area contributed by atoms with Crippen LogP contribution >= 0.6 is 0 Å². The van der Waals surface area contributed by atoms with Crippen molar-refractivity contribution in [1.82, 2.24) is 0 Å². The molecule has 1 fully saturated rings. The van der Waals surface area contributed by atoms with Crippen LogP contribution in [0.2, 0.25) is 0 Å². The molecular formula is C16H18O4. The summed E-state index contributed by atoms with van der Waals surface area (Å²) in [5.41, 5.74) is 1.17. The van der Waals surface area contributed by atoms with Crippen LogP contribution in [0.5, 0.6) is 0 Å². The smallest absolute Gasteiger partial charge is 0.339 e. The van der Waals surface area contributed by atoms with Crippen LogP contribution in [0.4, 0.5) is 0 Å². The van der Waals surface area contributed by atoms with Crippen LogP contribution in [0.15, 0.2) is 24.3 Å². The highest BCUT2D eigenvalue weighted by molar-refractivity contribution is 5.92. The number of esters is 1. The number of carbonyl (C=O) groups excluding carboxylic acids is 1. The second kappa shape index (κ2) is 6.56. The molecule has 1 aromatic rings. The Balaban J connectivity index is 2.00. The molecule has 0 bridgehead atoms. The van der Waals surface area contributed by atoms with Crippen LogP contribution < -0.4 is 0 Å². The van der Waals surface area contributed by atoms with Crippen LogP contribution in [0, 0.1) is 11.8 Å². The number of hydrogen-bond acceptors (Lipinski definition) is 4. The number of ether oxygens (including phenoxy) is 3. The Morgan fingerprint density at radius 1 is 1.35 bits per heavy atom. The maximum absolute atomic E-state index is 11.6. The second-order valence-corrected chi connectivity index (χ2v) is 4.67. The summed E-state index contributed by atoms with van der Waals surface area (Å²) in [6, 6.07) is 7.16. The largest absolute Gasteiger partial charge is 0.465 e. The van der Waals surface area contributed by atoms with Gasteiger partial charge in [-0.05, 0) is 19.1 Å². The monoisotopic (exact) mass is 274 g/mol. The standard InChI is InChI=1S/C16H18O4/c1-16(19-11-12-20-16)10-6-5-8-13-7-3-4-9-14(13)15(17)18-2/h3-4,7,9H,6,10-12H2,1-2H3. The normalized spacial score (nSPS) is 16.3. The molecule has 106 valence electrons. The first-order chi connectivity index (χ1) is 9.64. The zero-order valence-corrected chi connectivity index (χ0v) is 11.8. The van der Waals surface area contributed by atoms with Crippen molar-refractivity contribution in [3.63, 3.8) is 0 Å². The van der Waals surface area contributed by atoms with Gasteiger partial charge in [0.25, 0.3) is 0 Å². The minimum atomic E-state index is -0.517. The number of rotatable bonds is 3. The van der Waals surface area contributed by atoms with E-state index in [-0.39, 0.29) is 5.97 Å². The zero-order chi connectivity index (χ0) is 14.4. The van der Waals surface area contributed by atoms with E-state index in [1.807, 2.05) is 19.1 Å². The third-order valence-corrected chi connectivity index (χ3v) is 3.16. The van der Waals surface area contributed by atoms with E-state index < -0.39 is 5.79 Å². The summed E-state index contributed by atoms with van der Waals surface area (Å²) < 4.78 is 15.7. The summed E-state index contributed by atoms with van der Waals surface area (Å²) in [5.74, 6) is 5.17. The minimum absolute atomic E-state index is 0.371. The summed E-state index contributed by atoms with van der Waals surface area (Å²) >= 11 is 0. The first-order valence-corrected chi connectivity index (χ1v) is 6.59. The average molecular weight is 274 g/mol. The molecule has 0 spiro atoms. The van der Waals surface area contributed by atoms with Gasteiger partial charge in [-0.15, -0.1) is 0 Å². The summed E-state index contributed by atoms with van der Waals surface area (Å²) in [7, 11) is 1.36. The topological polar surface area (TPSA) is 44.8 Å². The van der Waals surface area contributed by atoms with Gasteiger partial charge in [0.1, 0.15) is 0 Å². The van der Waals surface area contributed by atoms with E-state index in [2.05, 4.69) is 11.8 Å². The van der Waals surface area contributed by atoms with Crippen molar-refractivity contribution < 1.29 is 19.0 Å². The Bertz CT molecular complexity index is 533. The van der Waals surface area contributed by atoms with Crippen LogP contribution in [0.3, 0.4) is 0 Å². The van der Waals surface area contributed by atoms with Gasteiger partial charge in [0.15, 0.2) is 5.79 Å². The van der Waals surface area contributed by atoms with Crippen molar-refractivity contribution in [1.29, 1.82) is 0 Å². The SMILES string of the molecule is COC(=O)c1ccccc1C#CCCC1(C)OCCO1. The molecule has 0 atom stereocenters. The van der Waals surface area contributed by atoms with Gasteiger partial charge in [0.05, 0.1) is 25.9 Å². The molecule has 0 saturated carbocycles. The Morgan fingerprint density at radius 2 is 2.05 bits per heavy atom. The van der Waals surface area contributed by atoms with Crippen molar-refractivity contribution in [2.24, 2.45) is 0 Å². The number of hydrogen-bond donors (Lipinski definition) is 0. The van der Waals surface area contributed by atoms with Crippen molar-refractivity contribution in [3.05, 3.63) is 35.4 Å². The first-order valence-electron chi connectivity index (χ1n) is 6.59. The molecule has 0 radical (unpaired) electrons. The molecule has 2 rings (SSSR count). The lowest BCUT2D eigenvalue weighted by molar-refractivity contribution is -0.145. The van der Waals surface area contributed by atoms with Crippen LogP contribution in [-0.4, -0.2) is 32.1 Å². The summed E-state index contributed by atoms with van der Waals surface area (Å²) in [6.07, 6.45) is 1.35. The van der Waals surface area contributed by atoms with Gasteiger partial charge in [-0.25, -0.2) is 4.79 Å². The number of carbonyl (C=O) groups is 1. The summed E-state index contributed by atoms with van der Waals surface area (Å²) in [4.78, 5) is 11.6. The van der Waals surface area contributed by atoms with E-state index in [1.54, 1.807) is 12.1 Å². The molecule has 20 heavy (non-hydrogen) atoms. The van der Waals surface area contributed by atoms with Gasteiger partial charge in [0, 0.05) is 18.4 Å². The first kappa shape index (κ1) is 14.6. The van der Waals surface area contributed by atoms with E-state index >= 15 is 0 Å². The molecule has 1 heterocycles. The molecular weight excluding hydrogens is 256 g/mol. The maximum atomic E-state index is 11.6. The fourth-order valence-electron chi connectivity index (χ4n) is 2.03. The van der Waals surface area contributed by atoms with E-state index in [0.29, 0.717) is 37.2 Å². The molecule has 0 aromatic heterocycles. The Kier molecular flexibility index (Phi) is 4.78. The molecule has 4 nitrogen and oxygen atoms in total. The van der Waals surface area contributed by atoms with Gasteiger partial charge in [0.2, 0.25) is 0 Å². The lowest BCUT2D eigenvalue weighted by Gasteiger charge is -2.20. The van der Waals surface area contributed by atoms with Gasteiger partial charge in [-0.2, -0.15) is 0 Å². The average Bonchev–Trinajstić information content (AvgIpc) is 2.90. The molecule has 0 amide bonds. The zero-order valence-electron chi connectivity index (χ0n) is 11.8. The molecule has 0 N–H and O–H groups in total. The lowest BCUT2D eigenvalue weighted by atomic mass is 10.1. The van der Waals surface area contributed by atoms with E-state index in [0.717, 1.165) is 0 Å². The maximum Gasteiger partial charge on any atom is 0.339 e. The molecule has 1 saturated heterocycles. The summed E-state index contributed by atoms with van der Waals surface area (Å²) in [6.45, 7) is 3.19. The van der Waals surface area contributed by atoms with E-state index in [4.69, 9.17) is 14.2 Å². The molecule has 1 aromatic carbocycles. The highest BCUT2D eigenvalue weighted by Crippen LogP contribution is 2.23. The Morgan fingerprint density at radius 3 is 2.75 bits per heavy atom. The second-order valence-electron chi connectivity index (χ2n) is 4.67. The van der Waals surface area contributed by atoms with Gasteiger partial charge < -0.3 is 14.2 Å². The minimum Gasteiger partial charge on any atom is -0.465 e. The van der Waals surface area contributed by atoms with Gasteiger partial charge in [-0.3, -0.25) is 0 Å². The Hall–Kier alpha value is -1.83. The van der Waals surface area contributed by atoms with Crippen molar-refractivity contribution >= 4 is 5.97 Å². The predicted molar refractivity (Wildman–Crippen MR) is 74.2 cm³/mol. The molecule has 1 aliphatic rings. The third kappa shape index (κ3) is 3.60. The van der Waals surface area contributed by atoms with E-state index in [9.17, 15) is 4.79 Å². The van der Waals surface area contributed by atoms with Crippen molar-refractivity contribution in [2.75, 3.05) is 20.3 Å². The van der Waals surface area contributed by atoms with Crippen LogP contribution in [0.1, 0.15) is 35.7 Å². The van der Waals surface area contributed by atoms with Crippen molar-refractivity contribution in [3.8, 4) is 11.8 Å². The van der Waals surface area contributed by atoms with Gasteiger partial charge in [-0.1, -0.05) is 24.0 Å². The number of methoxy groups -OCH3 is 1. The van der Waals surface area contributed by atoms with Crippen LogP contribution in [0.25, 0.3) is 0 Å². The lowest BCUT2D eigenvalue weighted by Crippen LogP contribution is -2.24. The van der Waals surface area contributed by atoms with E-state index in [1.165, 1.54) is 7.11 Å². The van der Waals surface area contributed by atoms with Crippen molar-refractivity contribution in [2.45, 2.75) is 25.6 Å². The predicted octanol–water partition coefficient (Wildman–Crippen LogP) is 2.37. The molecule has 0 aliphatic carbocycles. The quantitative estimate of drug-likeness (QED) is 0.627. The molecule has 0 unspecified atom stereocenters. The summed E-state index contributed by atoms with van der Waals surface area (Å²) in [5, 5.41) is 0. The van der Waals surface area contributed by atoms with Gasteiger partial charge >= 0.3 is 5.97 Å². The fraction of sp³-hybridized carbons (Fsp3) is 0.438. The fourth-order valence-corrected chi connectivity index (χ4v) is 2.03. The highest BCUT2D eigenvalue weighted by atomic mass is 16.7. The molecule has 4 heteroatoms.